The summed E-state index contributed by atoms with van der Waals surface area (Å²) in [7, 11) is -2.36. The first-order valence-electron chi connectivity index (χ1n) is 7.52. The lowest BCUT2D eigenvalue weighted by Gasteiger charge is -2.20. The molecule has 0 aliphatic heterocycles. The van der Waals surface area contributed by atoms with Crippen LogP contribution in [0.4, 0.5) is 0 Å². The maximum atomic E-state index is 12.4. The van der Waals surface area contributed by atoms with E-state index >= 15 is 0 Å². The summed E-state index contributed by atoms with van der Waals surface area (Å²) in [6.07, 6.45) is 2.75. The summed E-state index contributed by atoms with van der Waals surface area (Å²) >= 11 is 5.76. The van der Waals surface area contributed by atoms with E-state index in [-0.39, 0.29) is 35.8 Å². The van der Waals surface area contributed by atoms with Crippen molar-refractivity contribution in [3.63, 3.8) is 0 Å². The molecule has 138 valence electrons. The van der Waals surface area contributed by atoms with Crippen LogP contribution in [0, 0.1) is 0 Å². The fourth-order valence-electron chi connectivity index (χ4n) is 2.05. The fraction of sp³-hybridized carbons (Fsp3) is 0.533. The molecule has 0 radical (unpaired) electrons. The molecule has 0 fully saturated rings. The largest absolute Gasteiger partial charge is 0.351 e. The van der Waals surface area contributed by atoms with Crippen molar-refractivity contribution < 1.29 is 13.2 Å². The number of amides is 1. The number of hydrogen-bond donors (Lipinski definition) is 2. The van der Waals surface area contributed by atoms with E-state index in [2.05, 4.69) is 12.2 Å². The molecule has 0 spiro atoms. The van der Waals surface area contributed by atoms with E-state index in [0.29, 0.717) is 11.6 Å². The Balaban J connectivity index is 0.00000529. The van der Waals surface area contributed by atoms with Crippen molar-refractivity contribution >= 4 is 39.9 Å². The van der Waals surface area contributed by atoms with Crippen LogP contribution in [0.15, 0.2) is 29.2 Å². The molecular weight excluding hydrogens is 373 g/mol. The number of nitrogens with two attached hydrogens (primary N) is 1. The Morgan fingerprint density at radius 2 is 1.92 bits per heavy atom. The second-order valence-corrected chi connectivity index (χ2v) is 7.84. The molecule has 0 saturated carbocycles. The lowest BCUT2D eigenvalue weighted by molar-refractivity contribution is -0.121. The minimum atomic E-state index is -3.73. The number of rotatable bonds is 9. The molecule has 24 heavy (non-hydrogen) atoms. The molecule has 1 unspecified atom stereocenters. The minimum Gasteiger partial charge on any atom is -0.351 e. The van der Waals surface area contributed by atoms with Gasteiger partial charge in [-0.15, -0.1) is 12.4 Å². The van der Waals surface area contributed by atoms with Gasteiger partial charge in [0.2, 0.25) is 15.9 Å². The van der Waals surface area contributed by atoms with Gasteiger partial charge in [0.25, 0.3) is 0 Å². The first kappa shape index (κ1) is 23.1. The first-order valence-corrected chi connectivity index (χ1v) is 9.34. The zero-order chi connectivity index (χ0) is 17.5. The Kier molecular flexibility index (Phi) is 10.5. The van der Waals surface area contributed by atoms with Crippen molar-refractivity contribution in [1.29, 1.82) is 0 Å². The van der Waals surface area contributed by atoms with Gasteiger partial charge in [-0.1, -0.05) is 31.4 Å². The zero-order valence-electron chi connectivity index (χ0n) is 13.9. The molecule has 0 saturated heterocycles. The van der Waals surface area contributed by atoms with Crippen molar-refractivity contribution in [1.82, 2.24) is 9.62 Å². The molecule has 1 aromatic rings. The maximum Gasteiger partial charge on any atom is 0.243 e. The second-order valence-electron chi connectivity index (χ2n) is 5.36. The van der Waals surface area contributed by atoms with Crippen molar-refractivity contribution in [2.24, 2.45) is 5.73 Å². The average molecular weight is 398 g/mol. The third-order valence-electron chi connectivity index (χ3n) is 3.44. The number of halogens is 2. The molecular formula is C15H25Cl2N3O3S. The molecule has 9 heteroatoms. The summed E-state index contributed by atoms with van der Waals surface area (Å²) in [5.41, 5.74) is 5.62. The predicted octanol–water partition coefficient (Wildman–Crippen LogP) is 2.02. The molecule has 0 aromatic heterocycles. The number of sulfonamides is 1. The van der Waals surface area contributed by atoms with E-state index in [9.17, 15) is 13.2 Å². The number of carbonyl (C=O) groups excluding carboxylic acids is 1. The Morgan fingerprint density at radius 3 is 2.42 bits per heavy atom. The van der Waals surface area contributed by atoms with E-state index in [1.807, 2.05) is 0 Å². The Morgan fingerprint density at radius 1 is 1.33 bits per heavy atom. The number of likely N-dealkylation sites (N-methyl/N-ethyl adjacent to an activating group) is 1. The topological polar surface area (TPSA) is 92.5 Å². The summed E-state index contributed by atoms with van der Waals surface area (Å²) in [6.45, 7) is 2.13. The van der Waals surface area contributed by atoms with E-state index in [1.165, 1.54) is 31.3 Å². The second kappa shape index (κ2) is 10.9. The highest BCUT2D eigenvalue weighted by atomic mass is 35.5. The lowest BCUT2D eigenvalue weighted by Crippen LogP contribution is -2.45. The van der Waals surface area contributed by atoms with Crippen LogP contribution in [0.1, 0.15) is 26.2 Å². The van der Waals surface area contributed by atoms with Crippen molar-refractivity contribution in [2.75, 3.05) is 20.1 Å². The van der Waals surface area contributed by atoms with Gasteiger partial charge in [0.15, 0.2) is 0 Å². The van der Waals surface area contributed by atoms with Gasteiger partial charge in [-0.3, -0.25) is 4.79 Å². The quantitative estimate of drug-likeness (QED) is 0.666. The van der Waals surface area contributed by atoms with Crippen LogP contribution in [-0.4, -0.2) is 44.8 Å². The molecule has 3 N–H and O–H groups in total. The third kappa shape index (κ3) is 6.94. The molecule has 1 rings (SSSR count). The van der Waals surface area contributed by atoms with Gasteiger partial charge in [-0.2, -0.15) is 4.31 Å². The average Bonchev–Trinajstić information content (AvgIpc) is 2.51. The summed E-state index contributed by atoms with van der Waals surface area (Å²) < 4.78 is 25.8. The first-order chi connectivity index (χ1) is 10.8. The standard InChI is InChI=1S/C15H24ClN3O3S.ClH/c1-3-4-5-13(10-17)18-15(20)11-19(2)23(21,22)14-8-6-12(16)7-9-14;/h6-9,13H,3-5,10-11,17H2,1-2H3,(H,18,20);1H. The summed E-state index contributed by atoms with van der Waals surface area (Å²) in [5, 5.41) is 3.22. The molecule has 1 atom stereocenters. The molecule has 6 nitrogen and oxygen atoms in total. The Hall–Kier alpha value is -0.860. The highest BCUT2D eigenvalue weighted by molar-refractivity contribution is 7.89. The summed E-state index contributed by atoms with van der Waals surface area (Å²) in [5.74, 6) is -0.364. The summed E-state index contributed by atoms with van der Waals surface area (Å²) in [6, 6.07) is 5.69. The third-order valence-corrected chi connectivity index (χ3v) is 5.51. The molecule has 0 aliphatic rings. The molecule has 0 aliphatic carbocycles. The van der Waals surface area contributed by atoms with Crippen LogP contribution in [0.25, 0.3) is 0 Å². The van der Waals surface area contributed by atoms with Crippen LogP contribution in [0.3, 0.4) is 0 Å². The van der Waals surface area contributed by atoms with Crippen LogP contribution in [-0.2, 0) is 14.8 Å². The normalized spacial score (nSPS) is 12.5. The molecule has 0 heterocycles. The monoisotopic (exact) mass is 397 g/mol. The number of unbranched alkanes of at least 4 members (excludes halogenated alkanes) is 1. The van der Waals surface area contributed by atoms with Crippen molar-refractivity contribution in [2.45, 2.75) is 37.1 Å². The number of benzene rings is 1. The van der Waals surface area contributed by atoms with Crippen LogP contribution < -0.4 is 11.1 Å². The van der Waals surface area contributed by atoms with E-state index in [1.54, 1.807) is 0 Å². The lowest BCUT2D eigenvalue weighted by atomic mass is 10.1. The highest BCUT2D eigenvalue weighted by Gasteiger charge is 2.23. The van der Waals surface area contributed by atoms with Crippen molar-refractivity contribution in [3.05, 3.63) is 29.3 Å². The summed E-state index contributed by atoms with van der Waals surface area (Å²) in [4.78, 5) is 12.1. The zero-order valence-corrected chi connectivity index (χ0v) is 16.3. The number of nitrogens with zero attached hydrogens (tertiary/aromatic N) is 1. The van der Waals surface area contributed by atoms with Crippen LogP contribution >= 0.6 is 24.0 Å². The Labute approximate surface area is 155 Å². The fourth-order valence-corrected chi connectivity index (χ4v) is 3.30. The number of hydrogen-bond acceptors (Lipinski definition) is 4. The van der Waals surface area contributed by atoms with Gasteiger partial charge in [-0.05, 0) is 30.7 Å². The number of carbonyl (C=O) groups is 1. The SMILES string of the molecule is CCCCC(CN)NC(=O)CN(C)S(=O)(=O)c1ccc(Cl)cc1.Cl. The van der Waals surface area contributed by atoms with E-state index in [4.69, 9.17) is 17.3 Å². The van der Waals surface area contributed by atoms with Crippen LogP contribution in [0.2, 0.25) is 5.02 Å². The van der Waals surface area contributed by atoms with Gasteiger partial charge >= 0.3 is 0 Å². The highest BCUT2D eigenvalue weighted by Crippen LogP contribution is 2.17. The smallest absolute Gasteiger partial charge is 0.243 e. The molecule has 1 aromatic carbocycles. The molecule has 0 bridgehead atoms. The maximum absolute atomic E-state index is 12.4. The minimum absolute atomic E-state index is 0. The van der Waals surface area contributed by atoms with E-state index < -0.39 is 10.0 Å². The van der Waals surface area contributed by atoms with E-state index in [0.717, 1.165) is 23.6 Å². The predicted molar refractivity (Wildman–Crippen MR) is 99.0 cm³/mol. The number of nitrogens with one attached hydrogen (secondary N) is 1. The van der Waals surface area contributed by atoms with Gasteiger partial charge in [-0.25, -0.2) is 8.42 Å². The van der Waals surface area contributed by atoms with Crippen molar-refractivity contribution in [3.8, 4) is 0 Å². The molecule has 1 amide bonds. The van der Waals surface area contributed by atoms with Gasteiger partial charge < -0.3 is 11.1 Å². The Bertz CT molecular complexity index is 609. The van der Waals surface area contributed by atoms with Gasteiger partial charge in [0.05, 0.1) is 11.4 Å². The van der Waals surface area contributed by atoms with Crippen LogP contribution in [0.5, 0.6) is 0 Å². The van der Waals surface area contributed by atoms with Gasteiger partial charge in [0.1, 0.15) is 0 Å². The van der Waals surface area contributed by atoms with Gasteiger partial charge in [0, 0.05) is 24.7 Å².